The molecule has 3 nitrogen and oxygen atoms in total. The number of carbonyl (C=O) groups excluding carboxylic acids is 1. The summed E-state index contributed by atoms with van der Waals surface area (Å²) in [6.07, 6.45) is 1.30. The third kappa shape index (κ3) is 4.00. The molecule has 0 saturated heterocycles. The number of hydrogen-bond donors (Lipinski definition) is 1. The quantitative estimate of drug-likeness (QED) is 0.673. The molecule has 0 amide bonds. The Balaban J connectivity index is 1.94. The highest BCUT2D eigenvalue weighted by molar-refractivity contribution is 5.90. The van der Waals surface area contributed by atoms with Crippen LogP contribution in [0.2, 0.25) is 0 Å². The first kappa shape index (κ1) is 12.9. The first-order chi connectivity index (χ1) is 9.25. The Morgan fingerprint density at radius 3 is 2.21 bits per heavy atom. The molecular formula is C16H15NO2. The van der Waals surface area contributed by atoms with E-state index in [0.29, 0.717) is 5.70 Å². The maximum absolute atomic E-state index is 11.6. The third-order valence-electron chi connectivity index (χ3n) is 2.60. The minimum Gasteiger partial charge on any atom is -0.458 e. The zero-order valence-electron chi connectivity index (χ0n) is 10.5. The molecule has 0 aromatic heterocycles. The van der Waals surface area contributed by atoms with E-state index >= 15 is 0 Å². The van der Waals surface area contributed by atoms with Crippen LogP contribution in [-0.4, -0.2) is 5.97 Å². The van der Waals surface area contributed by atoms with E-state index < -0.39 is 5.97 Å². The van der Waals surface area contributed by atoms with Crippen molar-refractivity contribution in [1.29, 1.82) is 0 Å². The van der Waals surface area contributed by atoms with Gasteiger partial charge in [-0.05, 0) is 11.1 Å². The van der Waals surface area contributed by atoms with Crippen molar-refractivity contribution in [2.75, 3.05) is 0 Å². The minimum absolute atomic E-state index is 0.248. The number of esters is 1. The largest absolute Gasteiger partial charge is 0.458 e. The number of rotatable bonds is 4. The lowest BCUT2D eigenvalue weighted by Gasteiger charge is -2.04. The molecule has 0 aliphatic carbocycles. The SMILES string of the molecule is N/C(=C\C(=O)OCc1ccccc1)c1ccccc1. The second-order valence-electron chi connectivity index (χ2n) is 4.06. The van der Waals surface area contributed by atoms with E-state index in [-0.39, 0.29) is 6.61 Å². The first-order valence-electron chi connectivity index (χ1n) is 5.99. The van der Waals surface area contributed by atoms with Crippen molar-refractivity contribution in [1.82, 2.24) is 0 Å². The number of benzene rings is 2. The van der Waals surface area contributed by atoms with Gasteiger partial charge in [-0.15, -0.1) is 0 Å². The summed E-state index contributed by atoms with van der Waals surface area (Å²) in [5.41, 5.74) is 7.98. The van der Waals surface area contributed by atoms with Gasteiger partial charge in [-0.1, -0.05) is 60.7 Å². The van der Waals surface area contributed by atoms with Gasteiger partial charge >= 0.3 is 5.97 Å². The summed E-state index contributed by atoms with van der Waals surface area (Å²) in [6, 6.07) is 18.8. The standard InChI is InChI=1S/C16H15NO2/c17-15(14-9-5-2-6-10-14)11-16(18)19-12-13-7-3-1-4-8-13/h1-11H,12,17H2/b15-11-. The van der Waals surface area contributed by atoms with Crippen LogP contribution < -0.4 is 5.73 Å². The zero-order valence-corrected chi connectivity index (χ0v) is 10.5. The number of ether oxygens (including phenoxy) is 1. The molecule has 0 spiro atoms. The van der Waals surface area contributed by atoms with Gasteiger partial charge in [0.2, 0.25) is 0 Å². The highest BCUT2D eigenvalue weighted by Crippen LogP contribution is 2.08. The fraction of sp³-hybridized carbons (Fsp3) is 0.0625. The molecule has 0 heterocycles. The van der Waals surface area contributed by atoms with Gasteiger partial charge in [-0.3, -0.25) is 0 Å². The molecule has 2 N–H and O–H groups in total. The molecule has 0 atom stereocenters. The van der Waals surface area contributed by atoms with E-state index in [1.54, 1.807) is 0 Å². The predicted octanol–water partition coefficient (Wildman–Crippen LogP) is 2.73. The van der Waals surface area contributed by atoms with Gasteiger partial charge in [0, 0.05) is 11.8 Å². The molecule has 0 fully saturated rings. The maximum atomic E-state index is 11.6. The summed E-state index contributed by atoms with van der Waals surface area (Å²) >= 11 is 0. The Morgan fingerprint density at radius 2 is 1.58 bits per heavy atom. The monoisotopic (exact) mass is 253 g/mol. The molecule has 96 valence electrons. The van der Waals surface area contributed by atoms with Crippen LogP contribution in [0.25, 0.3) is 5.70 Å². The molecule has 2 aromatic carbocycles. The van der Waals surface area contributed by atoms with E-state index in [9.17, 15) is 4.79 Å². The van der Waals surface area contributed by atoms with Gasteiger partial charge in [-0.25, -0.2) is 4.79 Å². The van der Waals surface area contributed by atoms with Gasteiger partial charge in [0.15, 0.2) is 0 Å². The third-order valence-corrected chi connectivity index (χ3v) is 2.60. The van der Waals surface area contributed by atoms with Crippen molar-refractivity contribution in [2.24, 2.45) is 5.73 Å². The lowest BCUT2D eigenvalue weighted by molar-refractivity contribution is -0.138. The van der Waals surface area contributed by atoms with Gasteiger partial charge in [0.25, 0.3) is 0 Å². The predicted molar refractivity (Wildman–Crippen MR) is 74.8 cm³/mol. The molecule has 0 bridgehead atoms. The van der Waals surface area contributed by atoms with E-state index in [1.165, 1.54) is 6.08 Å². The topological polar surface area (TPSA) is 52.3 Å². The van der Waals surface area contributed by atoms with Crippen molar-refractivity contribution in [2.45, 2.75) is 6.61 Å². The smallest absolute Gasteiger partial charge is 0.333 e. The Bertz CT molecular complexity index is 562. The molecule has 2 aromatic rings. The summed E-state index contributed by atoms with van der Waals surface area (Å²) in [4.78, 5) is 11.6. The Kier molecular flexibility index (Phi) is 4.34. The average molecular weight is 253 g/mol. The summed E-state index contributed by atoms with van der Waals surface area (Å²) in [5.74, 6) is -0.440. The summed E-state index contributed by atoms with van der Waals surface area (Å²) in [7, 11) is 0. The molecule has 0 unspecified atom stereocenters. The van der Waals surface area contributed by atoms with E-state index in [0.717, 1.165) is 11.1 Å². The molecule has 3 heteroatoms. The van der Waals surface area contributed by atoms with Gasteiger partial charge in [0.1, 0.15) is 6.61 Å². The van der Waals surface area contributed by atoms with E-state index in [1.807, 2.05) is 60.7 Å². The zero-order chi connectivity index (χ0) is 13.5. The van der Waals surface area contributed by atoms with Crippen molar-refractivity contribution < 1.29 is 9.53 Å². The Hall–Kier alpha value is -2.55. The lowest BCUT2D eigenvalue weighted by atomic mass is 10.1. The van der Waals surface area contributed by atoms with Gasteiger partial charge in [0.05, 0.1) is 0 Å². The van der Waals surface area contributed by atoms with Crippen LogP contribution in [0.4, 0.5) is 0 Å². The van der Waals surface area contributed by atoms with Crippen LogP contribution in [0.5, 0.6) is 0 Å². The normalized spacial score (nSPS) is 11.1. The van der Waals surface area contributed by atoms with Crippen LogP contribution in [0.3, 0.4) is 0 Å². The number of hydrogen-bond acceptors (Lipinski definition) is 3. The van der Waals surface area contributed by atoms with Crippen molar-refractivity contribution in [3.05, 3.63) is 77.9 Å². The van der Waals surface area contributed by atoms with Gasteiger partial charge in [-0.2, -0.15) is 0 Å². The molecule has 2 rings (SSSR count). The molecule has 19 heavy (non-hydrogen) atoms. The molecule has 0 aliphatic heterocycles. The summed E-state index contributed by atoms with van der Waals surface area (Å²) in [5, 5.41) is 0. The fourth-order valence-electron chi connectivity index (χ4n) is 1.61. The van der Waals surface area contributed by atoms with Crippen LogP contribution in [0.15, 0.2) is 66.7 Å². The van der Waals surface area contributed by atoms with E-state index in [2.05, 4.69) is 0 Å². The van der Waals surface area contributed by atoms with Crippen molar-refractivity contribution in [3.63, 3.8) is 0 Å². The van der Waals surface area contributed by atoms with Crippen molar-refractivity contribution >= 4 is 11.7 Å². The average Bonchev–Trinajstić information content (AvgIpc) is 2.47. The van der Waals surface area contributed by atoms with Crippen molar-refractivity contribution in [3.8, 4) is 0 Å². The lowest BCUT2D eigenvalue weighted by Crippen LogP contribution is -2.05. The van der Waals surface area contributed by atoms with Crippen LogP contribution in [0.1, 0.15) is 11.1 Å². The molecule has 0 saturated carbocycles. The van der Waals surface area contributed by atoms with Crippen LogP contribution >= 0.6 is 0 Å². The maximum Gasteiger partial charge on any atom is 0.333 e. The molecule has 0 aliphatic rings. The first-order valence-corrected chi connectivity index (χ1v) is 5.99. The van der Waals surface area contributed by atoms with E-state index in [4.69, 9.17) is 10.5 Å². The highest BCUT2D eigenvalue weighted by Gasteiger charge is 2.02. The van der Waals surface area contributed by atoms with Gasteiger partial charge < -0.3 is 10.5 Å². The minimum atomic E-state index is -0.440. The van der Waals surface area contributed by atoms with Crippen LogP contribution in [0, 0.1) is 0 Å². The second kappa shape index (κ2) is 6.40. The second-order valence-corrected chi connectivity index (χ2v) is 4.06. The Morgan fingerprint density at radius 1 is 1.00 bits per heavy atom. The Labute approximate surface area is 112 Å². The summed E-state index contributed by atoms with van der Waals surface area (Å²) in [6.45, 7) is 0.248. The number of carbonyl (C=O) groups is 1. The summed E-state index contributed by atoms with van der Waals surface area (Å²) < 4.78 is 5.12. The van der Waals surface area contributed by atoms with Crippen LogP contribution in [-0.2, 0) is 16.1 Å². The molecular weight excluding hydrogens is 238 g/mol. The highest BCUT2D eigenvalue weighted by atomic mass is 16.5. The fourth-order valence-corrected chi connectivity index (χ4v) is 1.61. The molecule has 0 radical (unpaired) electrons. The number of nitrogens with two attached hydrogens (primary N) is 1.